The first-order valence-electron chi connectivity index (χ1n) is 4.77. The SMILES string of the molecule is Nc1c(N)n(-c2cc(F)ccc2F)c(=S)[nH]c1=O. The maximum Gasteiger partial charge on any atom is 0.277 e. The minimum Gasteiger partial charge on any atom is -0.391 e. The van der Waals surface area contributed by atoms with E-state index in [-0.39, 0.29) is 22.0 Å². The Labute approximate surface area is 105 Å². The van der Waals surface area contributed by atoms with Gasteiger partial charge in [-0.3, -0.25) is 14.3 Å². The van der Waals surface area contributed by atoms with Crippen molar-refractivity contribution in [1.29, 1.82) is 0 Å². The normalized spacial score (nSPS) is 10.6. The molecule has 0 aliphatic rings. The van der Waals surface area contributed by atoms with Gasteiger partial charge in [0.1, 0.15) is 23.1 Å². The van der Waals surface area contributed by atoms with Crippen molar-refractivity contribution in [2.24, 2.45) is 0 Å². The number of halogens is 2. The molecule has 0 fully saturated rings. The summed E-state index contributed by atoms with van der Waals surface area (Å²) in [5.74, 6) is -1.66. The van der Waals surface area contributed by atoms with Gasteiger partial charge in [0.15, 0.2) is 4.77 Å². The molecule has 94 valence electrons. The summed E-state index contributed by atoms with van der Waals surface area (Å²) in [6, 6.07) is 2.78. The van der Waals surface area contributed by atoms with E-state index in [1.165, 1.54) is 0 Å². The fraction of sp³-hybridized carbons (Fsp3) is 0. The number of nitrogen functional groups attached to an aromatic ring is 2. The monoisotopic (exact) mass is 270 g/mol. The zero-order chi connectivity index (χ0) is 13.4. The Morgan fingerprint density at radius 3 is 2.61 bits per heavy atom. The molecule has 2 rings (SSSR count). The highest BCUT2D eigenvalue weighted by Gasteiger charge is 2.13. The molecule has 0 radical (unpaired) electrons. The van der Waals surface area contributed by atoms with E-state index < -0.39 is 17.2 Å². The van der Waals surface area contributed by atoms with Gasteiger partial charge >= 0.3 is 0 Å². The third-order valence-electron chi connectivity index (χ3n) is 2.33. The molecule has 0 saturated heterocycles. The largest absolute Gasteiger partial charge is 0.391 e. The van der Waals surface area contributed by atoms with Crippen molar-refractivity contribution >= 4 is 23.7 Å². The summed E-state index contributed by atoms with van der Waals surface area (Å²) in [5, 5.41) is 0. The van der Waals surface area contributed by atoms with Crippen molar-refractivity contribution in [3.8, 4) is 5.69 Å². The van der Waals surface area contributed by atoms with E-state index in [4.69, 9.17) is 23.7 Å². The predicted octanol–water partition coefficient (Wildman–Crippen LogP) is 1.34. The number of anilines is 2. The van der Waals surface area contributed by atoms with Crippen LogP contribution in [0.25, 0.3) is 5.69 Å². The third-order valence-corrected chi connectivity index (χ3v) is 2.62. The first-order valence-corrected chi connectivity index (χ1v) is 5.18. The van der Waals surface area contributed by atoms with Crippen LogP contribution >= 0.6 is 12.2 Å². The summed E-state index contributed by atoms with van der Waals surface area (Å²) >= 11 is 4.85. The molecule has 8 heteroatoms. The Bertz CT molecular complexity index is 738. The van der Waals surface area contributed by atoms with Crippen LogP contribution in [-0.2, 0) is 0 Å². The van der Waals surface area contributed by atoms with Crippen LogP contribution in [0.5, 0.6) is 0 Å². The lowest BCUT2D eigenvalue weighted by Gasteiger charge is -2.12. The first kappa shape index (κ1) is 12.2. The molecule has 0 aliphatic heterocycles. The molecule has 0 spiro atoms. The summed E-state index contributed by atoms with van der Waals surface area (Å²) in [7, 11) is 0. The van der Waals surface area contributed by atoms with Gasteiger partial charge in [0.25, 0.3) is 5.56 Å². The molecule has 18 heavy (non-hydrogen) atoms. The number of hydrogen-bond acceptors (Lipinski definition) is 4. The second kappa shape index (κ2) is 4.22. The van der Waals surface area contributed by atoms with Crippen LogP contribution in [0.1, 0.15) is 0 Å². The highest BCUT2D eigenvalue weighted by atomic mass is 32.1. The van der Waals surface area contributed by atoms with E-state index in [1.807, 2.05) is 0 Å². The molecule has 1 aromatic heterocycles. The third kappa shape index (κ3) is 1.86. The highest BCUT2D eigenvalue weighted by molar-refractivity contribution is 7.71. The van der Waals surface area contributed by atoms with Crippen molar-refractivity contribution in [2.75, 3.05) is 11.5 Å². The van der Waals surface area contributed by atoms with Crippen LogP contribution in [0.3, 0.4) is 0 Å². The van der Waals surface area contributed by atoms with E-state index in [2.05, 4.69) is 4.98 Å². The number of H-pyrrole nitrogens is 1. The molecule has 1 heterocycles. The molecule has 0 atom stereocenters. The van der Waals surface area contributed by atoms with Gasteiger partial charge in [0, 0.05) is 6.07 Å². The predicted molar refractivity (Wildman–Crippen MR) is 66.0 cm³/mol. The number of hydrogen-bond donors (Lipinski definition) is 3. The Balaban J connectivity index is 2.88. The Morgan fingerprint density at radius 1 is 1.28 bits per heavy atom. The van der Waals surface area contributed by atoms with E-state index >= 15 is 0 Å². The van der Waals surface area contributed by atoms with Gasteiger partial charge in [0.2, 0.25) is 0 Å². The molecule has 0 saturated carbocycles. The van der Waals surface area contributed by atoms with Crippen LogP contribution in [0.15, 0.2) is 23.0 Å². The van der Waals surface area contributed by atoms with Crippen molar-refractivity contribution in [2.45, 2.75) is 0 Å². The minimum atomic E-state index is -0.745. The average Bonchev–Trinajstić information content (AvgIpc) is 2.31. The standard InChI is InChI=1S/C10H8F2N4OS/c11-4-1-2-5(12)6(3-4)16-8(14)7(13)9(17)15-10(16)18/h1-3H,13-14H2,(H,15,17,18). The fourth-order valence-corrected chi connectivity index (χ4v) is 1.75. The van der Waals surface area contributed by atoms with Crippen molar-refractivity contribution in [3.05, 3.63) is 45.0 Å². The van der Waals surface area contributed by atoms with Gasteiger partial charge in [0.05, 0.1) is 5.69 Å². The van der Waals surface area contributed by atoms with E-state index in [1.54, 1.807) is 0 Å². The molecular weight excluding hydrogens is 262 g/mol. The molecule has 0 unspecified atom stereocenters. The van der Waals surface area contributed by atoms with E-state index in [0.29, 0.717) is 0 Å². The van der Waals surface area contributed by atoms with Gasteiger partial charge in [-0.15, -0.1) is 0 Å². The molecule has 5 nitrogen and oxygen atoms in total. The smallest absolute Gasteiger partial charge is 0.277 e. The van der Waals surface area contributed by atoms with Gasteiger partial charge in [-0.2, -0.15) is 0 Å². The zero-order valence-electron chi connectivity index (χ0n) is 8.91. The molecular formula is C10H8F2N4OS. The summed E-state index contributed by atoms with van der Waals surface area (Å²) in [6.45, 7) is 0. The molecule has 0 bridgehead atoms. The molecule has 0 amide bonds. The molecule has 2 aromatic rings. The second-order valence-electron chi connectivity index (χ2n) is 3.49. The van der Waals surface area contributed by atoms with Crippen molar-refractivity contribution in [1.82, 2.24) is 9.55 Å². The Morgan fingerprint density at radius 2 is 1.94 bits per heavy atom. The number of aromatic nitrogens is 2. The number of nitrogens with one attached hydrogen (secondary N) is 1. The summed E-state index contributed by atoms with van der Waals surface area (Å²) in [6.07, 6.45) is 0. The number of aromatic amines is 1. The Kier molecular flexibility index (Phi) is 2.87. The lowest BCUT2D eigenvalue weighted by Crippen LogP contribution is -2.21. The number of nitrogens with zero attached hydrogens (tertiary/aromatic N) is 1. The Hall–Kier alpha value is -2.22. The average molecular weight is 270 g/mol. The molecule has 5 N–H and O–H groups in total. The summed E-state index contributed by atoms with van der Waals surface area (Å²) in [4.78, 5) is 13.5. The lowest BCUT2D eigenvalue weighted by molar-refractivity contribution is 0.591. The van der Waals surface area contributed by atoms with Crippen LogP contribution in [0.4, 0.5) is 20.3 Å². The van der Waals surface area contributed by atoms with Gasteiger partial charge in [-0.1, -0.05) is 0 Å². The summed E-state index contributed by atoms with van der Waals surface area (Å²) in [5.41, 5.74) is 9.81. The lowest BCUT2D eigenvalue weighted by atomic mass is 10.3. The quantitative estimate of drug-likeness (QED) is 0.682. The van der Waals surface area contributed by atoms with Gasteiger partial charge in [-0.05, 0) is 24.4 Å². The van der Waals surface area contributed by atoms with Crippen LogP contribution in [-0.4, -0.2) is 9.55 Å². The van der Waals surface area contributed by atoms with Crippen LogP contribution in [0.2, 0.25) is 0 Å². The zero-order valence-corrected chi connectivity index (χ0v) is 9.72. The van der Waals surface area contributed by atoms with Gasteiger partial charge in [-0.25, -0.2) is 8.78 Å². The van der Waals surface area contributed by atoms with Crippen molar-refractivity contribution < 1.29 is 8.78 Å². The van der Waals surface area contributed by atoms with Crippen molar-refractivity contribution in [3.63, 3.8) is 0 Å². The first-order chi connectivity index (χ1) is 8.41. The topological polar surface area (TPSA) is 89.8 Å². The second-order valence-corrected chi connectivity index (χ2v) is 3.88. The van der Waals surface area contributed by atoms with E-state index in [9.17, 15) is 13.6 Å². The van der Waals surface area contributed by atoms with E-state index in [0.717, 1.165) is 22.8 Å². The number of nitrogens with two attached hydrogens (primary N) is 2. The number of benzene rings is 1. The highest BCUT2D eigenvalue weighted by Crippen LogP contribution is 2.20. The van der Waals surface area contributed by atoms with Crippen LogP contribution in [0, 0.1) is 16.4 Å². The molecule has 0 aliphatic carbocycles. The van der Waals surface area contributed by atoms with Gasteiger partial charge < -0.3 is 11.5 Å². The fourth-order valence-electron chi connectivity index (χ4n) is 1.46. The maximum absolute atomic E-state index is 13.6. The minimum absolute atomic E-state index is 0.170. The van der Waals surface area contributed by atoms with Crippen LogP contribution < -0.4 is 17.0 Å². The summed E-state index contributed by atoms with van der Waals surface area (Å²) < 4.78 is 27.5. The maximum atomic E-state index is 13.6. The molecule has 1 aromatic carbocycles. The number of rotatable bonds is 1.